The minimum Gasteiger partial charge on any atom is -0.486 e. The molecule has 138 valence electrons. The Labute approximate surface area is 150 Å². The lowest BCUT2D eigenvalue weighted by Gasteiger charge is -2.22. The van der Waals surface area contributed by atoms with Gasteiger partial charge in [-0.1, -0.05) is 19.9 Å². The van der Waals surface area contributed by atoms with Crippen LogP contribution in [0.25, 0.3) is 0 Å². The highest BCUT2D eigenvalue weighted by atomic mass is 16.6. The zero-order chi connectivity index (χ0) is 18.7. The molecule has 2 aromatic rings. The number of carbonyl (C=O) groups excluding carboxylic acids is 1. The third-order valence-corrected chi connectivity index (χ3v) is 4.27. The molecule has 1 aromatic heterocycles. The monoisotopic (exact) mass is 359 g/mol. The number of benzene rings is 1. The average molecular weight is 359 g/mol. The van der Waals surface area contributed by atoms with Crippen molar-refractivity contribution in [2.45, 2.75) is 32.7 Å². The van der Waals surface area contributed by atoms with E-state index in [1.54, 1.807) is 6.92 Å². The summed E-state index contributed by atoms with van der Waals surface area (Å²) in [7, 11) is 0. The van der Waals surface area contributed by atoms with E-state index in [4.69, 9.17) is 13.9 Å². The number of carboxylic acid groups (broad SMARTS) is 1. The number of hydrogen-bond donors (Lipinski definition) is 2. The maximum atomic E-state index is 12.5. The molecule has 1 aromatic carbocycles. The fraction of sp³-hybridized carbons (Fsp3) is 0.368. The number of nitrogens with one attached hydrogen (secondary N) is 1. The van der Waals surface area contributed by atoms with E-state index in [9.17, 15) is 14.7 Å². The Morgan fingerprint density at radius 2 is 1.88 bits per heavy atom. The predicted octanol–water partition coefficient (Wildman–Crippen LogP) is 3.19. The van der Waals surface area contributed by atoms with Crippen molar-refractivity contribution in [1.82, 2.24) is 5.32 Å². The summed E-state index contributed by atoms with van der Waals surface area (Å²) in [5, 5.41) is 12.1. The van der Waals surface area contributed by atoms with Gasteiger partial charge in [0.25, 0.3) is 5.91 Å². The van der Waals surface area contributed by atoms with Crippen molar-refractivity contribution >= 4 is 11.9 Å². The normalized spacial score (nSPS) is 13.9. The fourth-order valence-corrected chi connectivity index (χ4v) is 2.91. The van der Waals surface area contributed by atoms with E-state index < -0.39 is 11.9 Å². The topological polar surface area (TPSA) is 98.0 Å². The molecule has 1 amide bonds. The molecule has 1 unspecified atom stereocenters. The van der Waals surface area contributed by atoms with E-state index in [0.717, 1.165) is 5.56 Å². The third kappa shape index (κ3) is 3.51. The number of aryl methyl sites for hydroxylation is 1. The lowest BCUT2D eigenvalue weighted by atomic mass is 10.0. The van der Waals surface area contributed by atoms with Gasteiger partial charge in [0.1, 0.15) is 24.5 Å². The lowest BCUT2D eigenvalue weighted by molar-refractivity contribution is 0.0694. The van der Waals surface area contributed by atoms with Crippen LogP contribution in [0.3, 0.4) is 0 Å². The average Bonchev–Trinajstić information content (AvgIpc) is 3.10. The van der Waals surface area contributed by atoms with Crippen LogP contribution < -0.4 is 14.8 Å². The Balaban J connectivity index is 1.80. The number of hydrogen-bond acceptors (Lipinski definition) is 5. The van der Waals surface area contributed by atoms with Crippen LogP contribution in [0.5, 0.6) is 11.5 Å². The molecule has 26 heavy (non-hydrogen) atoms. The lowest BCUT2D eigenvalue weighted by Crippen LogP contribution is -2.28. The first-order valence-electron chi connectivity index (χ1n) is 8.59. The molecule has 2 N–H and O–H groups in total. The summed E-state index contributed by atoms with van der Waals surface area (Å²) in [6, 6.07) is 6.56. The molecule has 0 saturated carbocycles. The van der Waals surface area contributed by atoms with Crippen molar-refractivity contribution in [3.8, 4) is 11.5 Å². The Kier molecular flexibility index (Phi) is 5.16. The molecule has 0 saturated heterocycles. The molecule has 2 heterocycles. The maximum absolute atomic E-state index is 12.5. The van der Waals surface area contributed by atoms with Gasteiger partial charge < -0.3 is 24.3 Å². The summed E-state index contributed by atoms with van der Waals surface area (Å²) < 4.78 is 16.5. The first-order valence-corrected chi connectivity index (χ1v) is 8.59. The SMILES string of the molecule is CCc1oc(C(=O)NC(CC)c2ccc3c(c2)OCCO3)cc1C(=O)O. The molecular formula is C19H21NO6. The zero-order valence-electron chi connectivity index (χ0n) is 14.7. The van der Waals surface area contributed by atoms with Gasteiger partial charge in [-0.3, -0.25) is 4.79 Å². The third-order valence-electron chi connectivity index (χ3n) is 4.27. The second kappa shape index (κ2) is 7.51. The molecule has 1 atom stereocenters. The minimum atomic E-state index is -1.11. The summed E-state index contributed by atoms with van der Waals surface area (Å²) in [6.07, 6.45) is 1.05. The van der Waals surface area contributed by atoms with Crippen molar-refractivity contribution in [2.24, 2.45) is 0 Å². The van der Waals surface area contributed by atoms with E-state index in [0.29, 0.717) is 37.6 Å². The zero-order valence-corrected chi connectivity index (χ0v) is 14.7. The van der Waals surface area contributed by atoms with Gasteiger partial charge in [0.2, 0.25) is 0 Å². The molecule has 3 rings (SSSR count). The first kappa shape index (κ1) is 17.8. The molecule has 7 nitrogen and oxygen atoms in total. The molecule has 0 radical (unpaired) electrons. The van der Waals surface area contributed by atoms with Crippen molar-refractivity contribution in [3.63, 3.8) is 0 Å². The van der Waals surface area contributed by atoms with Gasteiger partial charge in [-0.2, -0.15) is 0 Å². The van der Waals surface area contributed by atoms with Gasteiger partial charge in [-0.15, -0.1) is 0 Å². The maximum Gasteiger partial charge on any atom is 0.339 e. The molecule has 1 aliphatic rings. The molecule has 0 bridgehead atoms. The van der Waals surface area contributed by atoms with E-state index in [1.165, 1.54) is 6.07 Å². The summed E-state index contributed by atoms with van der Waals surface area (Å²) in [5.41, 5.74) is 0.899. The van der Waals surface area contributed by atoms with Crippen LogP contribution in [0, 0.1) is 0 Å². The molecule has 0 aliphatic carbocycles. The van der Waals surface area contributed by atoms with Crippen molar-refractivity contribution in [1.29, 1.82) is 0 Å². The summed E-state index contributed by atoms with van der Waals surface area (Å²) in [4.78, 5) is 23.8. The van der Waals surface area contributed by atoms with Crippen molar-refractivity contribution < 1.29 is 28.6 Å². The summed E-state index contributed by atoms with van der Waals surface area (Å²) >= 11 is 0. The number of aromatic carboxylic acids is 1. The number of carbonyl (C=O) groups is 2. The smallest absolute Gasteiger partial charge is 0.339 e. The van der Waals surface area contributed by atoms with E-state index in [2.05, 4.69) is 5.32 Å². The Morgan fingerprint density at radius 1 is 1.15 bits per heavy atom. The highest BCUT2D eigenvalue weighted by Gasteiger charge is 2.23. The largest absolute Gasteiger partial charge is 0.486 e. The Bertz CT molecular complexity index is 825. The van der Waals surface area contributed by atoms with Gasteiger partial charge in [0.05, 0.1) is 6.04 Å². The van der Waals surface area contributed by atoms with E-state index in [-0.39, 0.29) is 23.1 Å². The van der Waals surface area contributed by atoms with Gasteiger partial charge >= 0.3 is 5.97 Å². The highest BCUT2D eigenvalue weighted by Crippen LogP contribution is 2.33. The van der Waals surface area contributed by atoms with Crippen LogP contribution in [0.2, 0.25) is 0 Å². The molecule has 7 heteroatoms. The quantitative estimate of drug-likeness (QED) is 0.822. The number of rotatable bonds is 6. The Hall–Kier alpha value is -2.96. The van der Waals surface area contributed by atoms with Crippen LogP contribution in [-0.4, -0.2) is 30.2 Å². The highest BCUT2D eigenvalue weighted by molar-refractivity contribution is 5.96. The van der Waals surface area contributed by atoms with E-state index in [1.807, 2.05) is 25.1 Å². The second-order valence-electron chi connectivity index (χ2n) is 5.94. The van der Waals surface area contributed by atoms with Gasteiger partial charge in [0, 0.05) is 12.5 Å². The number of furan rings is 1. The summed E-state index contributed by atoms with van der Waals surface area (Å²) in [6.45, 7) is 4.73. The van der Waals surface area contributed by atoms with Crippen molar-refractivity contribution in [2.75, 3.05) is 13.2 Å². The summed E-state index contributed by atoms with van der Waals surface area (Å²) in [5.74, 6) is 0.0644. The second-order valence-corrected chi connectivity index (χ2v) is 5.94. The standard InChI is InChI=1S/C19H21NO6/c1-3-13(11-5-6-15-16(9-11)25-8-7-24-15)20-18(21)17-10-12(19(22)23)14(4-2)26-17/h5-6,9-10,13H,3-4,7-8H2,1-2H3,(H,20,21)(H,22,23). The fourth-order valence-electron chi connectivity index (χ4n) is 2.91. The van der Waals surface area contributed by atoms with Crippen molar-refractivity contribution in [3.05, 3.63) is 46.9 Å². The molecular weight excluding hydrogens is 338 g/mol. The molecule has 1 aliphatic heterocycles. The Morgan fingerprint density at radius 3 is 2.50 bits per heavy atom. The number of carboxylic acids is 1. The van der Waals surface area contributed by atoms with Crippen LogP contribution in [0.4, 0.5) is 0 Å². The van der Waals surface area contributed by atoms with Gasteiger partial charge in [-0.05, 0) is 24.1 Å². The molecule has 0 fully saturated rings. The van der Waals surface area contributed by atoms with Gasteiger partial charge in [0.15, 0.2) is 17.3 Å². The number of fused-ring (bicyclic) bond motifs is 1. The number of amides is 1. The molecule has 0 spiro atoms. The van der Waals surface area contributed by atoms with E-state index >= 15 is 0 Å². The van der Waals surface area contributed by atoms with Crippen LogP contribution in [0.15, 0.2) is 28.7 Å². The van der Waals surface area contributed by atoms with Crippen LogP contribution in [0.1, 0.15) is 58.5 Å². The van der Waals surface area contributed by atoms with Gasteiger partial charge in [-0.25, -0.2) is 4.79 Å². The predicted molar refractivity (Wildman–Crippen MR) is 93.0 cm³/mol. The van der Waals surface area contributed by atoms with Crippen LogP contribution in [-0.2, 0) is 6.42 Å². The van der Waals surface area contributed by atoms with Crippen LogP contribution >= 0.6 is 0 Å². The first-order chi connectivity index (χ1) is 12.5. The number of ether oxygens (including phenoxy) is 2. The minimum absolute atomic E-state index is 0.00440.